The Balaban J connectivity index is 2.22. The Hall–Kier alpha value is -2.17. The van der Waals surface area contributed by atoms with E-state index >= 15 is 0 Å². The topological polar surface area (TPSA) is 62.7 Å². The number of pyridine rings is 1. The maximum Gasteiger partial charge on any atom is 0.138 e. The first kappa shape index (κ1) is 15.2. The van der Waals surface area contributed by atoms with Gasteiger partial charge in [0.1, 0.15) is 17.5 Å². The van der Waals surface area contributed by atoms with Gasteiger partial charge in [-0.25, -0.2) is 9.97 Å². The van der Waals surface area contributed by atoms with Crippen molar-refractivity contribution in [1.29, 1.82) is 0 Å². The largest absolute Gasteiger partial charge is 0.373 e. The van der Waals surface area contributed by atoms with Crippen molar-refractivity contribution in [3.8, 4) is 0 Å². The summed E-state index contributed by atoms with van der Waals surface area (Å²) in [4.78, 5) is 13.3. The van der Waals surface area contributed by atoms with Crippen LogP contribution in [0.5, 0.6) is 0 Å². The van der Waals surface area contributed by atoms with Crippen molar-refractivity contribution in [2.45, 2.75) is 39.7 Å². The molecule has 5 heteroatoms. The molecule has 2 rings (SSSR count). The Kier molecular flexibility index (Phi) is 4.40. The van der Waals surface area contributed by atoms with E-state index in [1.165, 1.54) is 11.1 Å². The highest BCUT2D eigenvalue weighted by Gasteiger charge is 2.19. The summed E-state index contributed by atoms with van der Waals surface area (Å²) in [5.74, 6) is 2.47. The average molecular weight is 285 g/mol. The van der Waals surface area contributed by atoms with Crippen LogP contribution in [-0.2, 0) is 12.0 Å². The minimum atomic E-state index is -0.0874. The van der Waals surface area contributed by atoms with Gasteiger partial charge in [0.15, 0.2) is 0 Å². The van der Waals surface area contributed by atoms with E-state index < -0.39 is 0 Å². The Morgan fingerprint density at radius 1 is 1.14 bits per heavy atom. The van der Waals surface area contributed by atoms with Gasteiger partial charge in [0, 0.05) is 37.5 Å². The molecule has 0 atom stereocenters. The first-order valence-electron chi connectivity index (χ1n) is 7.11. The first-order chi connectivity index (χ1) is 9.90. The van der Waals surface area contributed by atoms with E-state index in [9.17, 15) is 0 Å². The minimum absolute atomic E-state index is 0.0874. The number of hydrogen-bond acceptors (Lipinski definition) is 5. The molecule has 0 aliphatic rings. The van der Waals surface area contributed by atoms with Crippen LogP contribution in [0.3, 0.4) is 0 Å². The zero-order valence-electron chi connectivity index (χ0n) is 13.4. The molecule has 0 bridgehead atoms. The third kappa shape index (κ3) is 3.90. The lowest BCUT2D eigenvalue weighted by molar-refractivity contribution is 0.546. The smallest absolute Gasteiger partial charge is 0.138 e. The predicted octanol–water partition coefficient (Wildman–Crippen LogP) is 3.13. The van der Waals surface area contributed by atoms with Crippen LogP contribution in [0.1, 0.15) is 37.7 Å². The summed E-state index contributed by atoms with van der Waals surface area (Å²) < 4.78 is 0. The lowest BCUT2D eigenvalue weighted by Gasteiger charge is -2.19. The molecular weight excluding hydrogens is 262 g/mol. The molecule has 2 heterocycles. The second-order valence-corrected chi connectivity index (χ2v) is 6.12. The van der Waals surface area contributed by atoms with Crippen LogP contribution >= 0.6 is 0 Å². The SMILES string of the molecule is CNc1cc(NCc2ccncc2C)nc(C(C)(C)C)n1. The molecule has 0 spiro atoms. The molecule has 5 nitrogen and oxygen atoms in total. The van der Waals surface area contributed by atoms with Crippen molar-refractivity contribution >= 4 is 11.6 Å². The summed E-state index contributed by atoms with van der Waals surface area (Å²) in [7, 11) is 1.87. The van der Waals surface area contributed by atoms with E-state index in [0.717, 1.165) is 24.0 Å². The molecule has 2 aromatic rings. The number of aromatic nitrogens is 3. The quantitative estimate of drug-likeness (QED) is 0.903. The van der Waals surface area contributed by atoms with E-state index in [1.807, 2.05) is 31.6 Å². The van der Waals surface area contributed by atoms with Crippen LogP contribution in [-0.4, -0.2) is 22.0 Å². The zero-order chi connectivity index (χ0) is 15.5. The molecule has 0 amide bonds. The normalized spacial score (nSPS) is 11.3. The van der Waals surface area contributed by atoms with Crippen LogP contribution in [0.15, 0.2) is 24.5 Å². The molecule has 0 aliphatic heterocycles. The predicted molar refractivity (Wildman–Crippen MR) is 86.6 cm³/mol. The molecule has 0 fully saturated rings. The molecule has 0 saturated heterocycles. The molecule has 0 unspecified atom stereocenters. The van der Waals surface area contributed by atoms with E-state index in [4.69, 9.17) is 0 Å². The van der Waals surface area contributed by atoms with Crippen molar-refractivity contribution in [1.82, 2.24) is 15.0 Å². The molecule has 2 N–H and O–H groups in total. The van der Waals surface area contributed by atoms with Gasteiger partial charge in [-0.05, 0) is 24.1 Å². The molecule has 21 heavy (non-hydrogen) atoms. The third-order valence-corrected chi connectivity index (χ3v) is 3.25. The summed E-state index contributed by atoms with van der Waals surface area (Å²) in [6, 6.07) is 3.94. The highest BCUT2D eigenvalue weighted by Crippen LogP contribution is 2.22. The molecule has 0 aliphatic carbocycles. The number of hydrogen-bond donors (Lipinski definition) is 2. The van der Waals surface area contributed by atoms with Crippen LogP contribution in [0.4, 0.5) is 11.6 Å². The van der Waals surface area contributed by atoms with Crippen molar-refractivity contribution in [2.24, 2.45) is 0 Å². The first-order valence-corrected chi connectivity index (χ1v) is 7.11. The maximum absolute atomic E-state index is 4.62. The van der Waals surface area contributed by atoms with Crippen molar-refractivity contribution in [2.75, 3.05) is 17.7 Å². The van der Waals surface area contributed by atoms with Crippen LogP contribution in [0.2, 0.25) is 0 Å². The fourth-order valence-electron chi connectivity index (χ4n) is 1.89. The summed E-state index contributed by atoms with van der Waals surface area (Å²) in [5.41, 5.74) is 2.30. The Labute approximate surface area is 126 Å². The Morgan fingerprint density at radius 2 is 1.86 bits per heavy atom. The van der Waals surface area contributed by atoms with Gasteiger partial charge in [0.2, 0.25) is 0 Å². The standard InChI is InChI=1S/C16H23N5/c1-11-9-18-7-6-12(11)10-19-14-8-13(17-5)20-15(21-14)16(2,3)4/h6-9H,10H2,1-5H3,(H2,17,19,20,21). The van der Waals surface area contributed by atoms with Gasteiger partial charge in [-0.15, -0.1) is 0 Å². The molecule has 0 saturated carbocycles. The van der Waals surface area contributed by atoms with Crippen LogP contribution < -0.4 is 10.6 Å². The van der Waals surface area contributed by atoms with Crippen LogP contribution in [0, 0.1) is 6.92 Å². The van der Waals surface area contributed by atoms with E-state index in [-0.39, 0.29) is 5.41 Å². The van der Waals surface area contributed by atoms with E-state index in [1.54, 1.807) is 0 Å². The number of anilines is 2. The highest BCUT2D eigenvalue weighted by molar-refractivity contribution is 5.48. The Morgan fingerprint density at radius 3 is 2.48 bits per heavy atom. The monoisotopic (exact) mass is 285 g/mol. The zero-order valence-corrected chi connectivity index (χ0v) is 13.4. The van der Waals surface area contributed by atoms with Crippen LogP contribution in [0.25, 0.3) is 0 Å². The fraction of sp³-hybridized carbons (Fsp3) is 0.438. The van der Waals surface area contributed by atoms with Gasteiger partial charge in [0.05, 0.1) is 0 Å². The van der Waals surface area contributed by atoms with Gasteiger partial charge in [-0.3, -0.25) is 4.98 Å². The highest BCUT2D eigenvalue weighted by atomic mass is 15.1. The van der Waals surface area contributed by atoms with Gasteiger partial charge in [0.25, 0.3) is 0 Å². The average Bonchev–Trinajstić information content (AvgIpc) is 2.45. The summed E-state index contributed by atoms with van der Waals surface area (Å²) >= 11 is 0. The molecule has 2 aromatic heterocycles. The molecule has 112 valence electrons. The fourth-order valence-corrected chi connectivity index (χ4v) is 1.89. The summed E-state index contributed by atoms with van der Waals surface area (Å²) in [6.07, 6.45) is 3.68. The second-order valence-electron chi connectivity index (χ2n) is 6.12. The third-order valence-electron chi connectivity index (χ3n) is 3.25. The van der Waals surface area contributed by atoms with Gasteiger partial charge in [-0.1, -0.05) is 20.8 Å². The molecule has 0 radical (unpaired) electrons. The van der Waals surface area contributed by atoms with Crippen molar-refractivity contribution in [3.05, 3.63) is 41.5 Å². The molecular formula is C16H23N5. The number of aryl methyl sites for hydroxylation is 1. The number of nitrogens with zero attached hydrogens (tertiary/aromatic N) is 3. The lowest BCUT2D eigenvalue weighted by atomic mass is 9.96. The van der Waals surface area contributed by atoms with Crippen molar-refractivity contribution in [3.63, 3.8) is 0 Å². The van der Waals surface area contributed by atoms with Crippen molar-refractivity contribution < 1.29 is 0 Å². The summed E-state index contributed by atoms with van der Waals surface area (Å²) in [5, 5.41) is 6.46. The maximum atomic E-state index is 4.62. The Bertz CT molecular complexity index is 616. The summed E-state index contributed by atoms with van der Waals surface area (Å²) in [6.45, 7) is 9.11. The van der Waals surface area contributed by atoms with Gasteiger partial charge >= 0.3 is 0 Å². The second kappa shape index (κ2) is 6.08. The number of rotatable bonds is 4. The van der Waals surface area contributed by atoms with Gasteiger partial charge < -0.3 is 10.6 Å². The van der Waals surface area contributed by atoms with E-state index in [2.05, 4.69) is 53.3 Å². The minimum Gasteiger partial charge on any atom is -0.373 e. The number of nitrogens with one attached hydrogen (secondary N) is 2. The lowest BCUT2D eigenvalue weighted by Crippen LogP contribution is -2.18. The van der Waals surface area contributed by atoms with Gasteiger partial charge in [-0.2, -0.15) is 0 Å². The van der Waals surface area contributed by atoms with E-state index in [0.29, 0.717) is 0 Å². The molecule has 0 aromatic carbocycles.